The number of amides is 1. The summed E-state index contributed by atoms with van der Waals surface area (Å²) in [5.74, 6) is 0.772. The number of nitrogen functional groups attached to an aromatic ring is 1. The van der Waals surface area contributed by atoms with Gasteiger partial charge >= 0.3 is 0 Å². The maximum Gasteiger partial charge on any atom is 0.251 e. The summed E-state index contributed by atoms with van der Waals surface area (Å²) >= 11 is 0. The van der Waals surface area contributed by atoms with E-state index in [1.165, 1.54) is 19.3 Å². The highest BCUT2D eigenvalue weighted by Gasteiger charge is 2.22. The van der Waals surface area contributed by atoms with E-state index in [4.69, 9.17) is 5.73 Å². The van der Waals surface area contributed by atoms with Crippen LogP contribution in [0.3, 0.4) is 0 Å². The molecule has 0 heterocycles. The number of hydrogen-bond acceptors (Lipinski definition) is 2. The van der Waals surface area contributed by atoms with Crippen molar-refractivity contribution in [1.29, 1.82) is 0 Å². The maximum atomic E-state index is 12.1. The zero-order valence-electron chi connectivity index (χ0n) is 11.0. The molecule has 1 aliphatic carbocycles. The molecule has 0 radical (unpaired) electrons. The third-order valence-corrected chi connectivity index (χ3v) is 3.84. The van der Waals surface area contributed by atoms with Crippen LogP contribution >= 0.6 is 0 Å². The van der Waals surface area contributed by atoms with Crippen molar-refractivity contribution in [2.24, 2.45) is 5.92 Å². The zero-order chi connectivity index (χ0) is 13.0. The van der Waals surface area contributed by atoms with Crippen molar-refractivity contribution < 1.29 is 4.79 Å². The Kier molecular flexibility index (Phi) is 4.24. The van der Waals surface area contributed by atoms with Gasteiger partial charge in [0.05, 0.1) is 0 Å². The van der Waals surface area contributed by atoms with Crippen LogP contribution in [-0.4, -0.2) is 11.9 Å². The van der Waals surface area contributed by atoms with Gasteiger partial charge in [-0.3, -0.25) is 4.79 Å². The Morgan fingerprint density at radius 2 is 2.28 bits per heavy atom. The summed E-state index contributed by atoms with van der Waals surface area (Å²) in [6.07, 6.45) is 5.96. The third kappa shape index (κ3) is 3.25. The summed E-state index contributed by atoms with van der Waals surface area (Å²) in [6, 6.07) is 7.49. The first-order valence-corrected chi connectivity index (χ1v) is 6.85. The van der Waals surface area contributed by atoms with E-state index in [2.05, 4.69) is 12.2 Å². The Morgan fingerprint density at radius 3 is 3.00 bits per heavy atom. The highest BCUT2D eigenvalue weighted by atomic mass is 16.1. The van der Waals surface area contributed by atoms with Crippen LogP contribution in [0.1, 0.15) is 49.4 Å². The zero-order valence-corrected chi connectivity index (χ0v) is 11.0. The maximum absolute atomic E-state index is 12.1. The van der Waals surface area contributed by atoms with E-state index in [0.717, 1.165) is 18.8 Å². The Labute approximate surface area is 109 Å². The van der Waals surface area contributed by atoms with Crippen molar-refractivity contribution in [2.75, 3.05) is 5.73 Å². The lowest BCUT2D eigenvalue weighted by Gasteiger charge is -2.29. The molecule has 1 amide bonds. The number of hydrogen-bond donors (Lipinski definition) is 2. The Morgan fingerprint density at radius 1 is 1.44 bits per heavy atom. The fourth-order valence-corrected chi connectivity index (χ4v) is 2.74. The van der Waals surface area contributed by atoms with Crippen LogP contribution in [0.2, 0.25) is 0 Å². The average Bonchev–Trinajstić information content (AvgIpc) is 2.39. The minimum absolute atomic E-state index is 0.00375. The normalized spacial score (nSPS) is 23.6. The first kappa shape index (κ1) is 12.9. The molecule has 0 aliphatic heterocycles. The molecule has 3 heteroatoms. The minimum atomic E-state index is 0.00375. The van der Waals surface area contributed by atoms with Crippen LogP contribution in [-0.2, 0) is 0 Å². The molecular weight excluding hydrogens is 224 g/mol. The molecule has 1 aromatic rings. The molecule has 18 heavy (non-hydrogen) atoms. The second-order valence-electron chi connectivity index (χ2n) is 5.24. The van der Waals surface area contributed by atoms with Crippen molar-refractivity contribution in [3.63, 3.8) is 0 Å². The fraction of sp³-hybridized carbons (Fsp3) is 0.533. The number of rotatable bonds is 3. The second-order valence-corrected chi connectivity index (χ2v) is 5.24. The summed E-state index contributed by atoms with van der Waals surface area (Å²) in [7, 11) is 0. The number of nitrogens with two attached hydrogens (primary N) is 1. The molecule has 0 bridgehead atoms. The summed E-state index contributed by atoms with van der Waals surface area (Å²) < 4.78 is 0. The molecule has 0 saturated heterocycles. The molecular formula is C15H22N2O. The van der Waals surface area contributed by atoms with Crippen molar-refractivity contribution in [3.8, 4) is 0 Å². The molecule has 0 spiro atoms. The molecule has 1 aliphatic rings. The molecule has 0 aromatic heterocycles. The van der Waals surface area contributed by atoms with E-state index in [0.29, 0.717) is 17.3 Å². The summed E-state index contributed by atoms with van der Waals surface area (Å²) in [5.41, 5.74) is 6.99. The van der Waals surface area contributed by atoms with Crippen LogP contribution in [0.15, 0.2) is 24.3 Å². The van der Waals surface area contributed by atoms with E-state index in [1.807, 2.05) is 12.1 Å². The number of carbonyl (C=O) groups is 1. The molecule has 2 atom stereocenters. The van der Waals surface area contributed by atoms with Gasteiger partial charge in [-0.2, -0.15) is 0 Å². The quantitative estimate of drug-likeness (QED) is 0.806. The Hall–Kier alpha value is -1.51. The van der Waals surface area contributed by atoms with Crippen molar-refractivity contribution >= 4 is 11.6 Å². The van der Waals surface area contributed by atoms with E-state index >= 15 is 0 Å². The topological polar surface area (TPSA) is 55.1 Å². The fourth-order valence-electron chi connectivity index (χ4n) is 2.74. The van der Waals surface area contributed by atoms with Gasteiger partial charge in [-0.15, -0.1) is 0 Å². The number of nitrogens with one attached hydrogen (secondary N) is 1. The van der Waals surface area contributed by atoms with Crippen LogP contribution in [0.25, 0.3) is 0 Å². The molecule has 1 aromatic carbocycles. The van der Waals surface area contributed by atoms with Crippen LogP contribution in [0.4, 0.5) is 5.69 Å². The average molecular weight is 246 g/mol. The van der Waals surface area contributed by atoms with Gasteiger partial charge in [0, 0.05) is 17.3 Å². The first-order chi connectivity index (χ1) is 8.69. The Balaban J connectivity index is 1.95. The molecule has 98 valence electrons. The van der Waals surface area contributed by atoms with E-state index < -0.39 is 0 Å². The highest BCUT2D eigenvalue weighted by Crippen LogP contribution is 2.26. The van der Waals surface area contributed by atoms with E-state index in [-0.39, 0.29) is 5.91 Å². The summed E-state index contributed by atoms with van der Waals surface area (Å²) in [5, 5.41) is 3.13. The molecule has 2 rings (SSSR count). The molecule has 1 saturated carbocycles. The highest BCUT2D eigenvalue weighted by molar-refractivity contribution is 5.95. The SMILES string of the molecule is CCC1CCCC(NC(=O)c2cccc(N)c2)C1. The van der Waals surface area contributed by atoms with Gasteiger partial charge in [-0.25, -0.2) is 0 Å². The number of benzene rings is 1. The minimum Gasteiger partial charge on any atom is -0.399 e. The lowest BCUT2D eigenvalue weighted by Crippen LogP contribution is -2.38. The van der Waals surface area contributed by atoms with Gasteiger partial charge in [0.1, 0.15) is 0 Å². The van der Waals surface area contributed by atoms with Crippen molar-refractivity contribution in [3.05, 3.63) is 29.8 Å². The van der Waals surface area contributed by atoms with Gasteiger partial charge in [-0.05, 0) is 37.0 Å². The van der Waals surface area contributed by atoms with Gasteiger partial charge < -0.3 is 11.1 Å². The Bertz CT molecular complexity index is 417. The van der Waals surface area contributed by atoms with E-state index in [1.54, 1.807) is 12.1 Å². The van der Waals surface area contributed by atoms with Crippen molar-refractivity contribution in [2.45, 2.75) is 45.1 Å². The lowest BCUT2D eigenvalue weighted by molar-refractivity contribution is 0.0919. The van der Waals surface area contributed by atoms with Crippen LogP contribution in [0.5, 0.6) is 0 Å². The first-order valence-electron chi connectivity index (χ1n) is 6.85. The molecule has 3 nitrogen and oxygen atoms in total. The summed E-state index contributed by atoms with van der Waals surface area (Å²) in [4.78, 5) is 12.1. The predicted molar refractivity (Wildman–Crippen MR) is 74.4 cm³/mol. The standard InChI is InChI=1S/C15H22N2O/c1-2-11-5-3-8-14(9-11)17-15(18)12-6-4-7-13(16)10-12/h4,6-7,10-11,14H,2-3,5,8-9,16H2,1H3,(H,17,18). The predicted octanol–water partition coefficient (Wildman–Crippen LogP) is 2.97. The van der Waals surface area contributed by atoms with Crippen LogP contribution < -0.4 is 11.1 Å². The number of carbonyl (C=O) groups excluding carboxylic acids is 1. The van der Waals surface area contributed by atoms with Crippen molar-refractivity contribution in [1.82, 2.24) is 5.32 Å². The van der Waals surface area contributed by atoms with E-state index in [9.17, 15) is 4.79 Å². The molecule has 3 N–H and O–H groups in total. The van der Waals surface area contributed by atoms with Gasteiger partial charge in [0.2, 0.25) is 0 Å². The lowest BCUT2D eigenvalue weighted by atomic mass is 9.84. The molecule has 2 unspecified atom stereocenters. The van der Waals surface area contributed by atoms with Gasteiger partial charge in [-0.1, -0.05) is 32.3 Å². The van der Waals surface area contributed by atoms with Gasteiger partial charge in [0.15, 0.2) is 0 Å². The molecule has 1 fully saturated rings. The third-order valence-electron chi connectivity index (χ3n) is 3.84. The monoisotopic (exact) mass is 246 g/mol. The van der Waals surface area contributed by atoms with Gasteiger partial charge in [0.25, 0.3) is 5.91 Å². The summed E-state index contributed by atoms with van der Waals surface area (Å²) in [6.45, 7) is 2.23. The van der Waals surface area contributed by atoms with Crippen LogP contribution in [0, 0.1) is 5.92 Å². The largest absolute Gasteiger partial charge is 0.399 e. The number of anilines is 1. The smallest absolute Gasteiger partial charge is 0.251 e. The second kappa shape index (κ2) is 5.89.